The standard InChI is InChI=1S/C52H30N4S/c1-2-12-36-31(11-1)23-26-46-50(36)41-16-5-9-19-45(41)55(46)35-24-21-32-28-42-37-13-4-8-18-44(37)56(47(42)29-34(32)27-35)52-40-15-3-7-17-43(40)53-51(54-52)33-22-25-39-38-14-6-10-20-48(38)57-49(39)30-33/h1-30H. The summed E-state index contributed by atoms with van der Waals surface area (Å²) in [6.45, 7) is 0. The molecule has 0 fully saturated rings. The van der Waals surface area contributed by atoms with Gasteiger partial charge >= 0.3 is 0 Å². The molecule has 4 heterocycles. The van der Waals surface area contributed by atoms with Gasteiger partial charge in [0.1, 0.15) is 5.82 Å². The molecule has 0 saturated heterocycles. The maximum absolute atomic E-state index is 5.46. The Kier molecular flexibility index (Phi) is 6.29. The molecule has 0 radical (unpaired) electrons. The molecule has 0 saturated carbocycles. The minimum atomic E-state index is 0.718. The van der Waals surface area contributed by atoms with Gasteiger partial charge in [0, 0.05) is 58.4 Å². The molecule has 57 heavy (non-hydrogen) atoms. The highest BCUT2D eigenvalue weighted by molar-refractivity contribution is 7.25. The molecule has 0 spiro atoms. The zero-order chi connectivity index (χ0) is 37.2. The van der Waals surface area contributed by atoms with Crippen molar-refractivity contribution >= 4 is 108 Å². The third kappa shape index (κ3) is 4.43. The summed E-state index contributed by atoms with van der Waals surface area (Å²) < 4.78 is 7.31. The molecule has 0 atom stereocenters. The Bertz CT molecular complexity index is 3830. The van der Waals surface area contributed by atoms with Gasteiger partial charge < -0.3 is 4.57 Å². The van der Waals surface area contributed by atoms with Gasteiger partial charge in [-0.2, -0.15) is 0 Å². The molecule has 5 heteroatoms. The van der Waals surface area contributed by atoms with Crippen LogP contribution >= 0.6 is 11.3 Å². The third-order valence-electron chi connectivity index (χ3n) is 11.9. The maximum Gasteiger partial charge on any atom is 0.162 e. The van der Waals surface area contributed by atoms with Crippen LogP contribution in [0.3, 0.4) is 0 Å². The van der Waals surface area contributed by atoms with E-state index in [1.165, 1.54) is 74.3 Å². The highest BCUT2D eigenvalue weighted by Crippen LogP contribution is 2.41. The molecule has 264 valence electrons. The van der Waals surface area contributed by atoms with Gasteiger partial charge in [0.2, 0.25) is 0 Å². The molecule has 0 aliphatic rings. The van der Waals surface area contributed by atoms with Crippen molar-refractivity contribution in [3.05, 3.63) is 182 Å². The number of hydrogen-bond acceptors (Lipinski definition) is 3. The van der Waals surface area contributed by atoms with E-state index in [4.69, 9.17) is 9.97 Å². The molecule has 0 amide bonds. The Morgan fingerprint density at radius 2 is 1.07 bits per heavy atom. The molecule has 9 aromatic carbocycles. The predicted octanol–water partition coefficient (Wildman–Crippen LogP) is 14.2. The second-order valence-electron chi connectivity index (χ2n) is 15.0. The van der Waals surface area contributed by atoms with Crippen molar-refractivity contribution in [1.82, 2.24) is 19.1 Å². The van der Waals surface area contributed by atoms with Gasteiger partial charge in [0.05, 0.1) is 27.6 Å². The van der Waals surface area contributed by atoms with Crippen LogP contribution in [0.4, 0.5) is 0 Å². The van der Waals surface area contributed by atoms with E-state index in [9.17, 15) is 0 Å². The number of nitrogens with zero attached hydrogens (tertiary/aromatic N) is 4. The Morgan fingerprint density at radius 1 is 0.368 bits per heavy atom. The molecule has 13 aromatic rings. The van der Waals surface area contributed by atoms with E-state index in [1.54, 1.807) is 0 Å². The average molecular weight is 743 g/mol. The molecular weight excluding hydrogens is 713 g/mol. The molecule has 13 rings (SSSR count). The summed E-state index contributed by atoms with van der Waals surface area (Å²) in [6, 6.07) is 66.0. The van der Waals surface area contributed by atoms with Gasteiger partial charge in [-0.1, -0.05) is 115 Å². The molecule has 0 aliphatic heterocycles. The van der Waals surface area contributed by atoms with Gasteiger partial charge in [-0.05, 0) is 88.3 Å². The summed E-state index contributed by atoms with van der Waals surface area (Å²) in [5.41, 5.74) is 7.71. The molecule has 0 bridgehead atoms. The zero-order valence-electron chi connectivity index (χ0n) is 30.5. The van der Waals surface area contributed by atoms with Crippen LogP contribution in [0.2, 0.25) is 0 Å². The van der Waals surface area contributed by atoms with Crippen LogP contribution < -0.4 is 0 Å². The van der Waals surface area contributed by atoms with Crippen LogP contribution in [0.1, 0.15) is 0 Å². The predicted molar refractivity (Wildman–Crippen MR) is 242 cm³/mol. The topological polar surface area (TPSA) is 35.6 Å². The van der Waals surface area contributed by atoms with Crippen molar-refractivity contribution in [1.29, 1.82) is 0 Å². The summed E-state index contributed by atoms with van der Waals surface area (Å²) in [7, 11) is 0. The van der Waals surface area contributed by atoms with Crippen molar-refractivity contribution in [3.63, 3.8) is 0 Å². The van der Waals surface area contributed by atoms with Crippen LogP contribution in [0, 0.1) is 0 Å². The van der Waals surface area contributed by atoms with Gasteiger partial charge in [-0.15, -0.1) is 11.3 Å². The quantitative estimate of drug-likeness (QED) is 0.181. The third-order valence-corrected chi connectivity index (χ3v) is 13.0. The van der Waals surface area contributed by atoms with Crippen LogP contribution in [0.5, 0.6) is 0 Å². The number of thiophene rings is 1. The molecule has 0 unspecified atom stereocenters. The summed E-state index contributed by atoms with van der Waals surface area (Å²) in [6.07, 6.45) is 0. The number of aromatic nitrogens is 4. The lowest BCUT2D eigenvalue weighted by atomic mass is 10.0. The van der Waals surface area contributed by atoms with Crippen LogP contribution in [-0.2, 0) is 0 Å². The minimum absolute atomic E-state index is 0.718. The normalized spacial score (nSPS) is 12.2. The van der Waals surface area contributed by atoms with Crippen molar-refractivity contribution < 1.29 is 0 Å². The molecule has 4 aromatic heterocycles. The molecule has 0 N–H and O–H groups in total. The fraction of sp³-hybridized carbons (Fsp3) is 0. The Morgan fingerprint density at radius 3 is 1.96 bits per heavy atom. The lowest BCUT2D eigenvalue weighted by molar-refractivity contribution is 1.08. The van der Waals surface area contributed by atoms with Gasteiger partial charge in [0.25, 0.3) is 0 Å². The Hall–Kier alpha value is -7.34. The van der Waals surface area contributed by atoms with Crippen molar-refractivity contribution in [2.45, 2.75) is 0 Å². The highest BCUT2D eigenvalue weighted by Gasteiger charge is 2.20. The Labute approximate surface area is 330 Å². The first-order valence-electron chi connectivity index (χ1n) is 19.3. The molecular formula is C52H30N4S. The first-order chi connectivity index (χ1) is 28.2. The first-order valence-corrected chi connectivity index (χ1v) is 20.1. The van der Waals surface area contributed by atoms with Gasteiger partial charge in [0.15, 0.2) is 5.82 Å². The second-order valence-corrected chi connectivity index (χ2v) is 16.1. The summed E-state index contributed by atoms with van der Waals surface area (Å²) in [5, 5.41) is 13.4. The smallest absolute Gasteiger partial charge is 0.162 e. The maximum atomic E-state index is 5.46. The van der Waals surface area contributed by atoms with Crippen molar-refractivity contribution in [3.8, 4) is 22.9 Å². The van der Waals surface area contributed by atoms with E-state index in [2.05, 4.69) is 191 Å². The van der Waals surface area contributed by atoms with E-state index in [0.717, 1.165) is 44.8 Å². The summed E-state index contributed by atoms with van der Waals surface area (Å²) in [5.74, 6) is 1.60. The van der Waals surface area contributed by atoms with E-state index >= 15 is 0 Å². The second kappa shape index (κ2) is 11.6. The summed E-state index contributed by atoms with van der Waals surface area (Å²) >= 11 is 1.82. The van der Waals surface area contributed by atoms with Crippen LogP contribution in [-0.4, -0.2) is 19.1 Å². The minimum Gasteiger partial charge on any atom is -0.309 e. The zero-order valence-corrected chi connectivity index (χ0v) is 31.3. The van der Waals surface area contributed by atoms with E-state index < -0.39 is 0 Å². The number of fused-ring (bicyclic) bond motifs is 13. The fourth-order valence-electron chi connectivity index (χ4n) is 9.31. The number of rotatable bonds is 3. The molecule has 0 aliphatic carbocycles. The van der Waals surface area contributed by atoms with Crippen LogP contribution in [0.25, 0.3) is 119 Å². The van der Waals surface area contributed by atoms with Gasteiger partial charge in [-0.3, -0.25) is 4.57 Å². The molecule has 4 nitrogen and oxygen atoms in total. The SMILES string of the molecule is c1ccc2c(c1)ccc1c2c2ccccc2n1-c1ccc2cc3c4ccccc4n(-c4nc(-c5ccc6c(c5)sc5ccccc56)nc5ccccc45)c3cc2c1. The van der Waals surface area contributed by atoms with Crippen LogP contribution in [0.15, 0.2) is 182 Å². The Balaban J connectivity index is 1.06. The highest BCUT2D eigenvalue weighted by atomic mass is 32.1. The monoisotopic (exact) mass is 742 g/mol. The van der Waals surface area contributed by atoms with Crippen molar-refractivity contribution in [2.24, 2.45) is 0 Å². The first kappa shape index (κ1) is 30.9. The number of benzene rings is 9. The average Bonchev–Trinajstić information content (AvgIpc) is 3.92. The van der Waals surface area contributed by atoms with E-state index in [1.807, 2.05) is 11.3 Å². The lowest BCUT2D eigenvalue weighted by Gasteiger charge is -2.13. The van der Waals surface area contributed by atoms with E-state index in [0.29, 0.717) is 0 Å². The van der Waals surface area contributed by atoms with Crippen molar-refractivity contribution in [2.75, 3.05) is 0 Å². The fourth-order valence-corrected chi connectivity index (χ4v) is 10.5. The van der Waals surface area contributed by atoms with E-state index in [-0.39, 0.29) is 0 Å². The number of para-hydroxylation sites is 3. The lowest BCUT2D eigenvalue weighted by Crippen LogP contribution is -2.02. The number of hydrogen-bond donors (Lipinski definition) is 0. The summed E-state index contributed by atoms with van der Waals surface area (Å²) in [4.78, 5) is 10.6. The van der Waals surface area contributed by atoms with Gasteiger partial charge in [-0.25, -0.2) is 9.97 Å². The largest absolute Gasteiger partial charge is 0.309 e.